The van der Waals surface area contributed by atoms with Gasteiger partial charge in [-0.1, -0.05) is 36.4 Å². The van der Waals surface area contributed by atoms with Crippen LogP contribution in [0.4, 0.5) is 11.4 Å². The molecule has 3 aromatic carbocycles. The van der Waals surface area contributed by atoms with Crippen LogP contribution in [-0.2, 0) is 10.0 Å². The van der Waals surface area contributed by atoms with Crippen LogP contribution in [0.3, 0.4) is 0 Å². The molecule has 0 amide bonds. The molecule has 0 aliphatic rings. The summed E-state index contributed by atoms with van der Waals surface area (Å²) in [6, 6.07) is 16.6. The predicted molar refractivity (Wildman–Crippen MR) is 105 cm³/mol. The minimum absolute atomic E-state index is 0.185. The Labute approximate surface area is 152 Å². The van der Waals surface area contributed by atoms with Crippen molar-refractivity contribution in [3.63, 3.8) is 0 Å². The smallest absolute Gasteiger partial charge is 0.423 e. The maximum Gasteiger partial charge on any atom is 0.488 e. The highest BCUT2D eigenvalue weighted by atomic mass is 32.2. The number of nitrogens with one attached hydrogen (secondary N) is 1. The summed E-state index contributed by atoms with van der Waals surface area (Å²) in [4.78, 5) is 2.12. The summed E-state index contributed by atoms with van der Waals surface area (Å²) in [5, 5.41) is 19.7. The molecule has 0 aliphatic carbocycles. The molecule has 0 aromatic heterocycles. The summed E-state index contributed by atoms with van der Waals surface area (Å²) in [6.45, 7) is 0. The van der Waals surface area contributed by atoms with Gasteiger partial charge >= 0.3 is 7.12 Å². The Hall–Kier alpha value is -2.55. The van der Waals surface area contributed by atoms with Crippen LogP contribution in [0.1, 0.15) is 0 Å². The number of anilines is 2. The Morgan fingerprint density at radius 3 is 2.12 bits per heavy atom. The van der Waals surface area contributed by atoms with Crippen molar-refractivity contribution >= 4 is 44.8 Å². The summed E-state index contributed by atoms with van der Waals surface area (Å²) in [5.41, 5.74) is 1.56. The molecule has 3 rings (SSSR count). The third kappa shape index (κ3) is 3.53. The van der Waals surface area contributed by atoms with Gasteiger partial charge in [0.15, 0.2) is 0 Å². The minimum atomic E-state index is -3.81. The maximum atomic E-state index is 12.9. The number of benzene rings is 3. The van der Waals surface area contributed by atoms with Crippen LogP contribution in [0.15, 0.2) is 65.6 Å². The quantitative estimate of drug-likeness (QED) is 0.591. The van der Waals surface area contributed by atoms with Crippen molar-refractivity contribution in [2.75, 3.05) is 23.7 Å². The number of hydrogen-bond donors (Lipinski definition) is 3. The molecule has 0 bridgehead atoms. The molecule has 0 atom stereocenters. The Morgan fingerprint density at radius 1 is 0.885 bits per heavy atom. The van der Waals surface area contributed by atoms with Gasteiger partial charge in [-0.2, -0.15) is 0 Å². The largest absolute Gasteiger partial charge is 0.488 e. The fraction of sp³-hybridized carbons (Fsp3) is 0.111. The van der Waals surface area contributed by atoms with E-state index in [-0.39, 0.29) is 10.4 Å². The first kappa shape index (κ1) is 18.3. The third-order valence-corrected chi connectivity index (χ3v) is 5.53. The second kappa shape index (κ2) is 6.99. The van der Waals surface area contributed by atoms with Gasteiger partial charge in [0.1, 0.15) is 0 Å². The van der Waals surface area contributed by atoms with E-state index in [2.05, 4.69) is 4.72 Å². The van der Waals surface area contributed by atoms with Crippen molar-refractivity contribution in [2.45, 2.75) is 4.90 Å². The number of nitrogens with zero attached hydrogens (tertiary/aromatic N) is 1. The average Bonchev–Trinajstić information content (AvgIpc) is 2.60. The van der Waals surface area contributed by atoms with Gasteiger partial charge in [-0.05, 0) is 29.7 Å². The van der Waals surface area contributed by atoms with Gasteiger partial charge in [0.05, 0.1) is 4.90 Å². The molecule has 6 nitrogen and oxygen atoms in total. The number of sulfonamides is 1. The van der Waals surface area contributed by atoms with Crippen LogP contribution < -0.4 is 15.1 Å². The van der Waals surface area contributed by atoms with Crippen LogP contribution in [0.2, 0.25) is 0 Å². The van der Waals surface area contributed by atoms with E-state index >= 15 is 0 Å². The minimum Gasteiger partial charge on any atom is -0.423 e. The first-order chi connectivity index (χ1) is 12.3. The van der Waals surface area contributed by atoms with E-state index in [0.29, 0.717) is 11.1 Å². The lowest BCUT2D eigenvalue weighted by Crippen LogP contribution is -2.29. The Morgan fingerprint density at radius 2 is 1.50 bits per heavy atom. The monoisotopic (exact) mass is 370 g/mol. The first-order valence-corrected chi connectivity index (χ1v) is 9.46. The molecule has 8 heteroatoms. The van der Waals surface area contributed by atoms with E-state index in [1.54, 1.807) is 18.2 Å². The van der Waals surface area contributed by atoms with Crippen LogP contribution in [0.5, 0.6) is 0 Å². The summed E-state index contributed by atoms with van der Waals surface area (Å²) in [6.07, 6.45) is 0. The lowest BCUT2D eigenvalue weighted by Gasteiger charge is -2.17. The van der Waals surface area contributed by atoms with Gasteiger partial charge < -0.3 is 14.9 Å². The summed E-state index contributed by atoms with van der Waals surface area (Å²) in [7, 11) is -1.59. The van der Waals surface area contributed by atoms with Crippen molar-refractivity contribution in [3.05, 3.63) is 60.7 Å². The Bertz CT molecular complexity index is 1030. The van der Waals surface area contributed by atoms with E-state index in [1.807, 2.05) is 37.2 Å². The number of fused-ring (bicyclic) bond motifs is 1. The molecule has 0 heterocycles. The first-order valence-electron chi connectivity index (χ1n) is 7.97. The Balaban J connectivity index is 2.03. The maximum absolute atomic E-state index is 12.9. The van der Waals surface area contributed by atoms with E-state index in [4.69, 9.17) is 10.0 Å². The highest BCUT2D eigenvalue weighted by molar-refractivity contribution is 7.93. The fourth-order valence-corrected chi connectivity index (χ4v) is 4.10. The molecule has 0 saturated carbocycles. The average molecular weight is 370 g/mol. The SMILES string of the molecule is CN(C)c1cccc2c(S(=O)(=O)Nc3ccc(B(O)O)cc3)cccc12. The standard InChI is InChI=1S/C18H19BN2O4S/c1-21(2)17-7-3-6-16-15(17)5-4-8-18(16)26(24,25)20-14-11-9-13(10-12-14)19(22)23/h3-12,20,22-23H,1-2H3. The highest BCUT2D eigenvalue weighted by Crippen LogP contribution is 2.30. The number of rotatable bonds is 5. The second-order valence-electron chi connectivity index (χ2n) is 6.12. The molecule has 0 saturated heterocycles. The second-order valence-corrected chi connectivity index (χ2v) is 7.77. The van der Waals surface area contributed by atoms with Gasteiger partial charge in [-0.25, -0.2) is 8.42 Å². The van der Waals surface area contributed by atoms with Gasteiger partial charge in [0.2, 0.25) is 0 Å². The molecule has 0 spiro atoms. The molecule has 0 aliphatic heterocycles. The van der Waals surface area contributed by atoms with E-state index < -0.39 is 17.1 Å². The van der Waals surface area contributed by atoms with Crippen LogP contribution in [0, 0.1) is 0 Å². The lowest BCUT2D eigenvalue weighted by molar-refractivity contribution is 0.426. The van der Waals surface area contributed by atoms with E-state index in [1.165, 1.54) is 24.3 Å². The van der Waals surface area contributed by atoms with Crippen molar-refractivity contribution < 1.29 is 18.5 Å². The zero-order valence-corrected chi connectivity index (χ0v) is 15.2. The van der Waals surface area contributed by atoms with E-state index in [9.17, 15) is 8.42 Å². The molecule has 26 heavy (non-hydrogen) atoms. The van der Waals surface area contributed by atoms with Crippen molar-refractivity contribution in [3.8, 4) is 0 Å². The van der Waals surface area contributed by atoms with Gasteiger partial charge in [-0.3, -0.25) is 4.72 Å². The zero-order valence-electron chi connectivity index (χ0n) is 14.4. The summed E-state index contributed by atoms with van der Waals surface area (Å²) >= 11 is 0. The summed E-state index contributed by atoms with van der Waals surface area (Å²) < 4.78 is 28.3. The van der Waals surface area contributed by atoms with Crippen LogP contribution >= 0.6 is 0 Å². The van der Waals surface area contributed by atoms with Gasteiger partial charge in [0.25, 0.3) is 10.0 Å². The summed E-state index contributed by atoms with van der Waals surface area (Å²) in [5.74, 6) is 0. The molecular formula is C18H19BN2O4S. The topological polar surface area (TPSA) is 89.9 Å². The molecule has 3 N–H and O–H groups in total. The highest BCUT2D eigenvalue weighted by Gasteiger charge is 2.19. The molecular weight excluding hydrogens is 351 g/mol. The van der Waals surface area contributed by atoms with Gasteiger partial charge in [-0.15, -0.1) is 0 Å². The predicted octanol–water partition coefficient (Wildman–Crippen LogP) is 1.39. The van der Waals surface area contributed by atoms with Crippen molar-refractivity contribution in [2.24, 2.45) is 0 Å². The lowest BCUT2D eigenvalue weighted by atomic mass is 9.80. The van der Waals surface area contributed by atoms with Crippen molar-refractivity contribution in [1.29, 1.82) is 0 Å². The number of hydrogen-bond acceptors (Lipinski definition) is 5. The molecule has 0 unspecified atom stereocenters. The van der Waals surface area contributed by atoms with Crippen LogP contribution in [0.25, 0.3) is 10.8 Å². The van der Waals surface area contributed by atoms with E-state index in [0.717, 1.165) is 11.1 Å². The van der Waals surface area contributed by atoms with Gasteiger partial charge in [0, 0.05) is 36.2 Å². The normalized spacial score (nSPS) is 11.4. The van der Waals surface area contributed by atoms with Crippen molar-refractivity contribution in [1.82, 2.24) is 0 Å². The Kier molecular flexibility index (Phi) is 4.91. The molecule has 134 valence electrons. The molecule has 0 fully saturated rings. The van der Waals surface area contributed by atoms with Crippen LogP contribution in [-0.4, -0.2) is 39.7 Å². The fourth-order valence-electron chi connectivity index (χ4n) is 2.82. The third-order valence-electron chi connectivity index (χ3n) is 4.09. The zero-order chi connectivity index (χ0) is 18.9. The molecule has 0 radical (unpaired) electrons. The molecule has 3 aromatic rings.